The molecule has 0 bridgehead atoms. The van der Waals surface area contributed by atoms with Crippen LogP contribution in [0, 0.1) is 11.8 Å². The predicted octanol–water partition coefficient (Wildman–Crippen LogP) is -6.13. The molecular weight excluding hydrogens is 345 g/mol. The summed E-state index contributed by atoms with van der Waals surface area (Å²) in [6, 6.07) is 0. The molecule has 0 radical (unpaired) electrons. The van der Waals surface area contributed by atoms with Crippen molar-refractivity contribution >= 4 is 0 Å². The van der Waals surface area contributed by atoms with Gasteiger partial charge in [0.1, 0.15) is 13.1 Å². The third kappa shape index (κ3) is 14.7. The van der Waals surface area contributed by atoms with Crippen LogP contribution in [-0.4, -0.2) is 70.5 Å². The molecule has 0 spiro atoms. The fourth-order valence-corrected chi connectivity index (χ4v) is 2.87. The van der Waals surface area contributed by atoms with Crippen molar-refractivity contribution < 1.29 is 39.8 Å². The molecule has 0 aliphatic carbocycles. The molecule has 2 rings (SSSR count). The second-order valence-corrected chi connectivity index (χ2v) is 7.69. The fraction of sp³-hybridized carbons (Fsp3) is 1.00. The van der Waals surface area contributed by atoms with Crippen molar-refractivity contribution in [1.29, 1.82) is 0 Å². The molecule has 0 unspecified atom stereocenters. The number of hydrogen-bond acceptors (Lipinski definition) is 2. The molecule has 2 fully saturated rings. The number of ether oxygens (including phenoxy) is 1. The van der Waals surface area contributed by atoms with E-state index in [9.17, 15) is 0 Å². The Bertz CT molecular complexity index is 231. The molecule has 24 heavy (non-hydrogen) atoms. The van der Waals surface area contributed by atoms with E-state index in [2.05, 4.69) is 37.9 Å². The Kier molecular flexibility index (Phi) is 18.7. The topological polar surface area (TPSA) is 33.5 Å². The molecule has 2 saturated heterocycles. The Morgan fingerprint density at radius 3 is 1.96 bits per heavy atom. The van der Waals surface area contributed by atoms with Crippen LogP contribution in [0.4, 0.5) is 0 Å². The average molecular weight is 386 g/mol. The molecule has 2 heterocycles. The largest absolute Gasteiger partial charge is 1.00 e. The highest BCUT2D eigenvalue weighted by Crippen LogP contribution is 2.01. The highest BCUT2D eigenvalue weighted by Gasteiger charge is 2.13. The fourth-order valence-electron chi connectivity index (χ4n) is 2.87. The molecule has 0 aromatic rings. The van der Waals surface area contributed by atoms with E-state index in [4.69, 9.17) is 4.74 Å². The number of nitrogens with zero attached hydrogens (tertiary/aromatic N) is 1. The van der Waals surface area contributed by atoms with E-state index < -0.39 is 0 Å². The highest BCUT2D eigenvalue weighted by atomic mass is 35.5. The predicted molar refractivity (Wildman–Crippen MR) is 93.4 cm³/mol. The van der Waals surface area contributed by atoms with Gasteiger partial charge < -0.3 is 39.8 Å². The molecule has 0 atom stereocenters. The van der Waals surface area contributed by atoms with E-state index >= 15 is 0 Å². The number of morpholine rings is 1. The molecule has 6 heteroatoms. The van der Waals surface area contributed by atoms with Crippen molar-refractivity contribution in [3.05, 3.63) is 0 Å². The van der Waals surface area contributed by atoms with Crippen LogP contribution in [0.15, 0.2) is 0 Å². The van der Waals surface area contributed by atoms with Crippen molar-refractivity contribution in [3.63, 3.8) is 0 Å². The van der Waals surface area contributed by atoms with Gasteiger partial charge in [0.05, 0.1) is 32.8 Å². The second kappa shape index (κ2) is 16.9. The van der Waals surface area contributed by atoms with Gasteiger partial charge >= 0.3 is 0 Å². The van der Waals surface area contributed by atoms with Crippen LogP contribution in [0.2, 0.25) is 0 Å². The molecule has 0 saturated carbocycles. The van der Waals surface area contributed by atoms with Gasteiger partial charge in [-0.3, -0.25) is 4.90 Å². The van der Waals surface area contributed by atoms with E-state index in [1.165, 1.54) is 65.2 Å². The lowest BCUT2D eigenvalue weighted by Crippen LogP contribution is -3.14. The van der Waals surface area contributed by atoms with Crippen LogP contribution in [0.5, 0.6) is 0 Å². The molecule has 3 N–H and O–H groups in total. The first-order chi connectivity index (χ1) is 10.6. The Morgan fingerprint density at radius 1 is 0.917 bits per heavy atom. The SMILES string of the molecule is CC(C)CCN1CC[NH2+]CC1.CC(C)CC[NH+]1CCOCC1.[Cl-].[Cl-]. The maximum atomic E-state index is 5.29. The van der Waals surface area contributed by atoms with Gasteiger partial charge in [-0.2, -0.15) is 0 Å². The lowest BCUT2D eigenvalue weighted by molar-refractivity contribution is -0.908. The van der Waals surface area contributed by atoms with E-state index in [1.807, 2.05) is 0 Å². The minimum Gasteiger partial charge on any atom is -1.00 e. The van der Waals surface area contributed by atoms with E-state index in [0.717, 1.165) is 25.0 Å². The van der Waals surface area contributed by atoms with Crippen LogP contribution in [-0.2, 0) is 4.74 Å². The Labute approximate surface area is 162 Å². The first-order valence-corrected chi connectivity index (χ1v) is 9.53. The Balaban J connectivity index is 0. The van der Waals surface area contributed by atoms with Gasteiger partial charge in [-0.15, -0.1) is 0 Å². The first kappa shape index (κ1) is 26.6. The summed E-state index contributed by atoms with van der Waals surface area (Å²) in [5, 5.41) is 2.41. The van der Waals surface area contributed by atoms with Crippen molar-refractivity contribution in [1.82, 2.24) is 4.90 Å². The third-order valence-corrected chi connectivity index (χ3v) is 4.60. The number of nitrogens with two attached hydrogens (primary N) is 1. The first-order valence-electron chi connectivity index (χ1n) is 9.53. The molecular formula is C18H41Cl2N3O. The summed E-state index contributed by atoms with van der Waals surface area (Å²) in [4.78, 5) is 4.31. The lowest BCUT2D eigenvalue weighted by Gasteiger charge is -2.25. The smallest absolute Gasteiger partial charge is 0.101 e. The zero-order valence-electron chi connectivity index (χ0n) is 16.3. The number of piperazine rings is 1. The van der Waals surface area contributed by atoms with Crippen molar-refractivity contribution in [2.45, 2.75) is 40.5 Å². The summed E-state index contributed by atoms with van der Waals surface area (Å²) in [6.45, 7) is 21.4. The molecule has 0 amide bonds. The number of nitrogens with one attached hydrogen (secondary N) is 1. The normalized spacial score (nSPS) is 19.2. The van der Waals surface area contributed by atoms with Gasteiger partial charge in [-0.05, 0) is 31.2 Å². The maximum Gasteiger partial charge on any atom is 0.101 e. The molecule has 0 aromatic heterocycles. The van der Waals surface area contributed by atoms with Crippen molar-refractivity contribution in [2.75, 3.05) is 65.6 Å². The number of halogens is 2. The van der Waals surface area contributed by atoms with Gasteiger partial charge in [-0.1, -0.05) is 27.7 Å². The summed E-state index contributed by atoms with van der Waals surface area (Å²) in [6.07, 6.45) is 2.72. The lowest BCUT2D eigenvalue weighted by atomic mass is 10.1. The highest BCUT2D eigenvalue weighted by molar-refractivity contribution is 4.60. The molecule has 0 aromatic carbocycles. The Hall–Kier alpha value is 0.420. The van der Waals surface area contributed by atoms with Crippen LogP contribution in [0.1, 0.15) is 40.5 Å². The standard InChI is InChI=1S/C9H20N2.C9H19NO.2ClH/c1-9(2)3-6-11-7-4-10-5-8-11;1-9(2)3-4-10-5-7-11-8-6-10;;/h9-10H,3-8H2,1-2H3;9H,3-8H2,1-2H3;2*1H. The molecule has 4 nitrogen and oxygen atoms in total. The number of quaternary nitrogens is 2. The van der Waals surface area contributed by atoms with Crippen molar-refractivity contribution in [2.24, 2.45) is 11.8 Å². The van der Waals surface area contributed by atoms with Crippen molar-refractivity contribution in [3.8, 4) is 0 Å². The zero-order chi connectivity index (χ0) is 16.2. The molecule has 148 valence electrons. The Morgan fingerprint density at radius 2 is 1.46 bits per heavy atom. The minimum absolute atomic E-state index is 0. The summed E-state index contributed by atoms with van der Waals surface area (Å²) >= 11 is 0. The monoisotopic (exact) mass is 385 g/mol. The zero-order valence-corrected chi connectivity index (χ0v) is 17.8. The molecule has 2 aliphatic rings. The van der Waals surface area contributed by atoms with E-state index in [1.54, 1.807) is 4.90 Å². The van der Waals surface area contributed by atoms with E-state index in [-0.39, 0.29) is 24.8 Å². The summed E-state index contributed by atoms with van der Waals surface area (Å²) in [5.41, 5.74) is 0. The maximum absolute atomic E-state index is 5.29. The average Bonchev–Trinajstić information content (AvgIpc) is 2.53. The quantitative estimate of drug-likeness (QED) is 0.477. The number of rotatable bonds is 6. The van der Waals surface area contributed by atoms with Gasteiger partial charge in [0.25, 0.3) is 0 Å². The third-order valence-electron chi connectivity index (χ3n) is 4.60. The van der Waals surface area contributed by atoms with Gasteiger partial charge in [0, 0.05) is 13.1 Å². The minimum atomic E-state index is 0. The van der Waals surface area contributed by atoms with E-state index in [0.29, 0.717) is 0 Å². The van der Waals surface area contributed by atoms with Gasteiger partial charge in [0.2, 0.25) is 0 Å². The summed E-state index contributed by atoms with van der Waals surface area (Å²) in [5.74, 6) is 1.71. The van der Waals surface area contributed by atoms with Gasteiger partial charge in [0.15, 0.2) is 0 Å². The second-order valence-electron chi connectivity index (χ2n) is 7.69. The van der Waals surface area contributed by atoms with Crippen LogP contribution in [0.3, 0.4) is 0 Å². The van der Waals surface area contributed by atoms with Crippen LogP contribution in [0.25, 0.3) is 0 Å². The summed E-state index contributed by atoms with van der Waals surface area (Å²) in [7, 11) is 0. The van der Waals surface area contributed by atoms with Gasteiger partial charge in [-0.25, -0.2) is 0 Å². The van der Waals surface area contributed by atoms with Crippen LogP contribution >= 0.6 is 0 Å². The molecule has 2 aliphatic heterocycles. The number of hydrogen-bond donors (Lipinski definition) is 2. The van der Waals surface area contributed by atoms with Crippen LogP contribution < -0.4 is 35.0 Å². The summed E-state index contributed by atoms with van der Waals surface area (Å²) < 4.78 is 5.29.